The van der Waals surface area contributed by atoms with Crippen LogP contribution in [0.3, 0.4) is 0 Å². The first-order chi connectivity index (χ1) is 4.34. The molecule has 0 aromatic rings. The standard InChI is InChI=1S/C6H5NO2/c7-4-6-5(8)2-1-3-9-6/h1-2,6H,3H2. The van der Waals surface area contributed by atoms with Crippen molar-refractivity contribution < 1.29 is 9.53 Å². The average Bonchev–Trinajstić information content (AvgIpc) is 1.89. The Balaban J connectivity index is 2.69. The number of hydrogen-bond acceptors (Lipinski definition) is 3. The molecule has 1 heterocycles. The fourth-order valence-electron chi connectivity index (χ4n) is 0.586. The first-order valence-electron chi connectivity index (χ1n) is 2.56. The van der Waals surface area contributed by atoms with Gasteiger partial charge < -0.3 is 4.74 Å². The number of hydrogen-bond donors (Lipinski definition) is 0. The third-order valence-electron chi connectivity index (χ3n) is 1.02. The lowest BCUT2D eigenvalue weighted by Gasteiger charge is -2.08. The number of carbonyl (C=O) groups excluding carboxylic acids is 1. The van der Waals surface area contributed by atoms with Crippen LogP contribution in [0.25, 0.3) is 0 Å². The molecule has 0 saturated heterocycles. The van der Waals surface area contributed by atoms with Gasteiger partial charge in [0.05, 0.1) is 6.61 Å². The van der Waals surface area contributed by atoms with Crippen LogP contribution < -0.4 is 0 Å². The fourth-order valence-corrected chi connectivity index (χ4v) is 0.586. The van der Waals surface area contributed by atoms with Crippen LogP contribution in [-0.4, -0.2) is 18.5 Å². The smallest absolute Gasteiger partial charge is 0.206 e. The van der Waals surface area contributed by atoms with Crippen molar-refractivity contribution in [3.8, 4) is 6.07 Å². The van der Waals surface area contributed by atoms with Crippen LogP contribution in [0.1, 0.15) is 0 Å². The molecule has 0 saturated carbocycles. The van der Waals surface area contributed by atoms with Gasteiger partial charge in [-0.2, -0.15) is 5.26 Å². The highest BCUT2D eigenvalue weighted by molar-refractivity contribution is 5.96. The molecule has 0 N–H and O–H groups in total. The first kappa shape index (κ1) is 5.99. The lowest BCUT2D eigenvalue weighted by molar-refractivity contribution is -0.123. The number of carbonyl (C=O) groups is 1. The minimum absolute atomic E-state index is 0.260. The second-order valence-electron chi connectivity index (χ2n) is 1.65. The van der Waals surface area contributed by atoms with Crippen LogP contribution in [0.15, 0.2) is 12.2 Å². The predicted octanol–water partition coefficient (Wildman–Crippen LogP) is 0.0341. The summed E-state index contributed by atoms with van der Waals surface area (Å²) in [5.74, 6) is -0.260. The van der Waals surface area contributed by atoms with Crippen molar-refractivity contribution in [3.05, 3.63) is 12.2 Å². The molecule has 1 aliphatic heterocycles. The van der Waals surface area contributed by atoms with E-state index >= 15 is 0 Å². The molecule has 0 radical (unpaired) electrons. The third kappa shape index (κ3) is 1.15. The topological polar surface area (TPSA) is 50.1 Å². The second-order valence-corrected chi connectivity index (χ2v) is 1.65. The van der Waals surface area contributed by atoms with E-state index in [1.807, 2.05) is 0 Å². The van der Waals surface area contributed by atoms with E-state index in [4.69, 9.17) is 10.00 Å². The minimum Gasteiger partial charge on any atom is -0.351 e. The van der Waals surface area contributed by atoms with E-state index in [1.54, 1.807) is 12.1 Å². The number of nitriles is 1. The maximum atomic E-state index is 10.6. The van der Waals surface area contributed by atoms with Crippen molar-refractivity contribution >= 4 is 5.78 Å². The van der Waals surface area contributed by atoms with Crippen LogP contribution >= 0.6 is 0 Å². The van der Waals surface area contributed by atoms with Gasteiger partial charge in [-0.15, -0.1) is 0 Å². The summed E-state index contributed by atoms with van der Waals surface area (Å²) < 4.78 is 4.74. The zero-order chi connectivity index (χ0) is 6.69. The van der Waals surface area contributed by atoms with Gasteiger partial charge >= 0.3 is 0 Å². The Kier molecular flexibility index (Phi) is 1.61. The molecule has 0 spiro atoms. The third-order valence-corrected chi connectivity index (χ3v) is 1.02. The summed E-state index contributed by atoms with van der Waals surface area (Å²) in [6.45, 7) is 0.365. The van der Waals surface area contributed by atoms with Crippen LogP contribution in [0.5, 0.6) is 0 Å². The van der Waals surface area contributed by atoms with Crippen molar-refractivity contribution in [2.24, 2.45) is 0 Å². The van der Waals surface area contributed by atoms with E-state index in [2.05, 4.69) is 0 Å². The van der Waals surface area contributed by atoms with Gasteiger partial charge in [0.25, 0.3) is 0 Å². The highest BCUT2D eigenvalue weighted by atomic mass is 16.5. The average molecular weight is 123 g/mol. The molecule has 0 fully saturated rings. The molecule has 0 bridgehead atoms. The highest BCUT2D eigenvalue weighted by Crippen LogP contribution is 1.99. The summed E-state index contributed by atoms with van der Waals surface area (Å²) in [5, 5.41) is 8.23. The summed E-state index contributed by atoms with van der Waals surface area (Å²) in [4.78, 5) is 10.6. The molecular weight excluding hydrogens is 118 g/mol. The van der Waals surface area contributed by atoms with Crippen molar-refractivity contribution in [1.82, 2.24) is 0 Å². The molecule has 0 aromatic carbocycles. The molecule has 0 aliphatic carbocycles. The zero-order valence-corrected chi connectivity index (χ0v) is 4.70. The van der Waals surface area contributed by atoms with E-state index in [0.717, 1.165) is 0 Å². The Morgan fingerprint density at radius 3 is 3.11 bits per heavy atom. The summed E-state index contributed by atoms with van der Waals surface area (Å²) in [6, 6.07) is 1.73. The maximum Gasteiger partial charge on any atom is 0.206 e. The van der Waals surface area contributed by atoms with Crippen LogP contribution in [0.4, 0.5) is 0 Å². The number of rotatable bonds is 0. The quantitative estimate of drug-likeness (QED) is 0.456. The maximum absolute atomic E-state index is 10.6. The summed E-state index contributed by atoms with van der Waals surface area (Å²) in [5.41, 5.74) is 0. The van der Waals surface area contributed by atoms with Crippen LogP contribution in [0.2, 0.25) is 0 Å². The molecule has 3 heteroatoms. The molecule has 3 nitrogen and oxygen atoms in total. The zero-order valence-electron chi connectivity index (χ0n) is 4.70. The molecule has 1 unspecified atom stereocenters. The van der Waals surface area contributed by atoms with Gasteiger partial charge in [0.2, 0.25) is 6.10 Å². The first-order valence-corrected chi connectivity index (χ1v) is 2.56. The molecular formula is C6H5NO2. The number of nitrogens with zero attached hydrogens (tertiary/aromatic N) is 1. The Bertz CT molecular complexity index is 190. The van der Waals surface area contributed by atoms with E-state index < -0.39 is 6.10 Å². The van der Waals surface area contributed by atoms with E-state index in [1.165, 1.54) is 6.08 Å². The lowest BCUT2D eigenvalue weighted by atomic mass is 10.2. The van der Waals surface area contributed by atoms with Gasteiger partial charge in [-0.25, -0.2) is 0 Å². The van der Waals surface area contributed by atoms with Crippen LogP contribution in [-0.2, 0) is 9.53 Å². The molecule has 0 aromatic heterocycles. The predicted molar refractivity (Wildman–Crippen MR) is 29.5 cm³/mol. The summed E-state index contributed by atoms with van der Waals surface area (Å²) in [6.07, 6.45) is 2.10. The van der Waals surface area contributed by atoms with Crippen molar-refractivity contribution in [3.63, 3.8) is 0 Å². The van der Waals surface area contributed by atoms with Gasteiger partial charge in [-0.05, 0) is 6.08 Å². The van der Waals surface area contributed by atoms with E-state index in [-0.39, 0.29) is 5.78 Å². The van der Waals surface area contributed by atoms with Crippen molar-refractivity contribution in [2.45, 2.75) is 6.10 Å². The van der Waals surface area contributed by atoms with E-state index in [0.29, 0.717) is 6.61 Å². The number of ether oxygens (including phenoxy) is 1. The second kappa shape index (κ2) is 2.42. The normalized spacial score (nSPS) is 25.7. The largest absolute Gasteiger partial charge is 0.351 e. The fraction of sp³-hybridized carbons (Fsp3) is 0.333. The minimum atomic E-state index is -0.866. The van der Waals surface area contributed by atoms with Gasteiger partial charge in [0.15, 0.2) is 5.78 Å². The SMILES string of the molecule is N#CC1OCC=CC1=O. The Morgan fingerprint density at radius 2 is 2.67 bits per heavy atom. The van der Waals surface area contributed by atoms with Gasteiger partial charge in [0, 0.05) is 0 Å². The molecule has 9 heavy (non-hydrogen) atoms. The van der Waals surface area contributed by atoms with Crippen LogP contribution in [0, 0.1) is 11.3 Å². The Morgan fingerprint density at radius 1 is 1.89 bits per heavy atom. The monoisotopic (exact) mass is 123 g/mol. The summed E-state index contributed by atoms with van der Waals surface area (Å²) >= 11 is 0. The van der Waals surface area contributed by atoms with Gasteiger partial charge in [0.1, 0.15) is 6.07 Å². The van der Waals surface area contributed by atoms with Crippen molar-refractivity contribution in [2.75, 3.05) is 6.61 Å². The number of ketones is 1. The molecule has 0 amide bonds. The van der Waals surface area contributed by atoms with Gasteiger partial charge in [-0.3, -0.25) is 4.79 Å². The van der Waals surface area contributed by atoms with Crippen molar-refractivity contribution in [1.29, 1.82) is 5.26 Å². The van der Waals surface area contributed by atoms with E-state index in [9.17, 15) is 4.79 Å². The summed E-state index contributed by atoms with van der Waals surface area (Å²) in [7, 11) is 0. The Hall–Kier alpha value is -1.14. The lowest BCUT2D eigenvalue weighted by Crippen LogP contribution is -2.23. The van der Waals surface area contributed by atoms with Gasteiger partial charge in [-0.1, -0.05) is 6.08 Å². The molecule has 46 valence electrons. The molecule has 1 atom stereocenters. The molecule has 1 rings (SSSR count). The molecule has 1 aliphatic rings. The highest BCUT2D eigenvalue weighted by Gasteiger charge is 2.17. The Labute approximate surface area is 52.5 Å².